The number of piperazine rings is 2. The second-order valence-electron chi connectivity index (χ2n) is 8.34. The number of halogens is 3. The number of rotatable bonds is 5. The van der Waals surface area contributed by atoms with Crippen molar-refractivity contribution in [3.05, 3.63) is 36.0 Å². The zero-order chi connectivity index (χ0) is 24.5. The van der Waals surface area contributed by atoms with E-state index in [9.17, 15) is 21.6 Å². The van der Waals surface area contributed by atoms with Gasteiger partial charge in [0.15, 0.2) is 0 Å². The molecule has 0 amide bonds. The highest BCUT2D eigenvalue weighted by Crippen LogP contribution is 2.32. The first-order chi connectivity index (χ1) is 16.0. The summed E-state index contributed by atoms with van der Waals surface area (Å²) in [7, 11) is -2.10. The van der Waals surface area contributed by atoms with Crippen molar-refractivity contribution in [2.24, 2.45) is 0 Å². The van der Waals surface area contributed by atoms with Crippen molar-refractivity contribution in [2.45, 2.75) is 18.2 Å². The number of para-hydroxylation sites is 1. The average Bonchev–Trinajstić information content (AvgIpc) is 2.78. The summed E-state index contributed by atoms with van der Waals surface area (Å²) >= 11 is 0. The quantitative estimate of drug-likeness (QED) is 0.616. The molecular weight excluding hydrogens is 473 g/mol. The molecule has 9 nitrogen and oxygen atoms in total. The van der Waals surface area contributed by atoms with Gasteiger partial charge in [-0.15, -0.1) is 13.2 Å². The van der Waals surface area contributed by atoms with E-state index in [1.54, 1.807) is 0 Å². The monoisotopic (exact) mass is 500 g/mol. The predicted octanol–water partition coefficient (Wildman–Crippen LogP) is 1.95. The van der Waals surface area contributed by atoms with Crippen molar-refractivity contribution in [2.75, 3.05) is 69.2 Å². The van der Waals surface area contributed by atoms with Crippen molar-refractivity contribution in [1.29, 1.82) is 0 Å². The molecule has 0 radical (unpaired) electrons. The summed E-state index contributed by atoms with van der Waals surface area (Å²) in [5.74, 6) is 0.618. The Balaban J connectivity index is 1.48. The fraction of sp³-hybridized carbons (Fsp3) is 0.524. The van der Waals surface area contributed by atoms with Crippen molar-refractivity contribution in [3.63, 3.8) is 0 Å². The van der Waals surface area contributed by atoms with E-state index in [0.717, 1.165) is 49.8 Å². The third-order valence-corrected chi connectivity index (χ3v) is 7.81. The summed E-state index contributed by atoms with van der Waals surface area (Å²) < 4.78 is 69.6. The third-order valence-electron chi connectivity index (χ3n) is 5.87. The molecule has 13 heteroatoms. The Bertz CT molecular complexity index is 1110. The van der Waals surface area contributed by atoms with Gasteiger partial charge < -0.3 is 19.4 Å². The summed E-state index contributed by atoms with van der Waals surface area (Å²) in [4.78, 5) is 15.1. The van der Waals surface area contributed by atoms with Gasteiger partial charge in [0, 0.05) is 64.1 Å². The van der Waals surface area contributed by atoms with E-state index in [-0.39, 0.29) is 13.1 Å². The maximum Gasteiger partial charge on any atom is 0.573 e. The fourth-order valence-corrected chi connectivity index (χ4v) is 5.55. The molecule has 0 spiro atoms. The largest absolute Gasteiger partial charge is 0.573 e. The van der Waals surface area contributed by atoms with Gasteiger partial charge in [0.05, 0.1) is 0 Å². The Kier molecular flexibility index (Phi) is 6.87. The van der Waals surface area contributed by atoms with E-state index >= 15 is 0 Å². The Morgan fingerprint density at radius 3 is 2.18 bits per heavy atom. The number of likely N-dealkylation sites (N-methyl/N-ethyl adjacent to an activating group) is 1. The van der Waals surface area contributed by atoms with Crippen LogP contribution in [0.1, 0.15) is 5.69 Å². The maximum atomic E-state index is 13.1. The fourth-order valence-electron chi connectivity index (χ4n) is 4.02. The van der Waals surface area contributed by atoms with Crippen LogP contribution in [-0.4, -0.2) is 93.4 Å². The summed E-state index contributed by atoms with van der Waals surface area (Å²) in [6, 6.07) is 6.72. The molecule has 2 saturated heterocycles. The number of aryl methyl sites for hydroxylation is 1. The standard InChI is InChI=1S/C21H27F3N6O3S/c1-16-15-19(28-9-7-27(2)8-10-28)26-20(25-16)29-11-13-30(14-12-29)34(31,32)18-6-4-3-5-17(18)33-21(22,23)24/h3-6,15H,7-14H2,1-2H3. The number of hydrogen-bond donors (Lipinski definition) is 0. The van der Waals surface area contributed by atoms with Crippen LogP contribution in [0.5, 0.6) is 5.75 Å². The molecule has 2 aliphatic rings. The molecule has 0 unspecified atom stereocenters. The van der Waals surface area contributed by atoms with Gasteiger partial charge in [0.2, 0.25) is 16.0 Å². The molecule has 1 aromatic carbocycles. The van der Waals surface area contributed by atoms with E-state index in [1.807, 2.05) is 17.9 Å². The van der Waals surface area contributed by atoms with Crippen LogP contribution in [0.25, 0.3) is 0 Å². The Hall–Kier alpha value is -2.64. The first kappa shape index (κ1) is 24.5. The lowest BCUT2D eigenvalue weighted by molar-refractivity contribution is -0.275. The number of alkyl halides is 3. The van der Waals surface area contributed by atoms with Gasteiger partial charge in [-0.25, -0.2) is 13.4 Å². The first-order valence-electron chi connectivity index (χ1n) is 10.9. The lowest BCUT2D eigenvalue weighted by Crippen LogP contribution is -2.49. The molecule has 0 saturated carbocycles. The molecule has 0 aliphatic carbocycles. The number of benzene rings is 1. The minimum Gasteiger partial charge on any atom is -0.404 e. The van der Waals surface area contributed by atoms with Crippen LogP contribution in [0.4, 0.5) is 24.9 Å². The number of aromatic nitrogens is 2. The summed E-state index contributed by atoms with van der Waals surface area (Å²) in [5, 5.41) is 0. The maximum absolute atomic E-state index is 13.1. The molecule has 2 aliphatic heterocycles. The first-order valence-corrected chi connectivity index (χ1v) is 12.4. The second kappa shape index (κ2) is 9.55. The molecule has 2 fully saturated rings. The Labute approximate surface area is 196 Å². The second-order valence-corrected chi connectivity index (χ2v) is 10.2. The van der Waals surface area contributed by atoms with Gasteiger partial charge in [-0.05, 0) is 26.1 Å². The summed E-state index contributed by atoms with van der Waals surface area (Å²) in [5.41, 5.74) is 0.812. The highest BCUT2D eigenvalue weighted by atomic mass is 32.2. The zero-order valence-corrected chi connectivity index (χ0v) is 19.8. The number of ether oxygens (including phenoxy) is 1. The minimum atomic E-state index is -4.99. The molecule has 0 N–H and O–H groups in total. The van der Waals surface area contributed by atoms with Crippen LogP contribution in [0.2, 0.25) is 0 Å². The van der Waals surface area contributed by atoms with Crippen LogP contribution < -0.4 is 14.5 Å². The number of nitrogens with zero attached hydrogens (tertiary/aromatic N) is 6. The van der Waals surface area contributed by atoms with Gasteiger partial charge in [-0.2, -0.15) is 9.29 Å². The van der Waals surface area contributed by atoms with E-state index < -0.39 is 27.0 Å². The highest BCUT2D eigenvalue weighted by Gasteiger charge is 2.36. The molecule has 0 atom stereocenters. The van der Waals surface area contributed by atoms with Crippen molar-refractivity contribution < 1.29 is 26.3 Å². The summed E-state index contributed by atoms with van der Waals surface area (Å²) in [6.45, 7) is 6.29. The van der Waals surface area contributed by atoms with E-state index in [0.29, 0.717) is 19.0 Å². The molecule has 4 rings (SSSR count). The van der Waals surface area contributed by atoms with E-state index in [1.165, 1.54) is 16.4 Å². The van der Waals surface area contributed by atoms with Crippen molar-refractivity contribution in [1.82, 2.24) is 19.2 Å². The van der Waals surface area contributed by atoms with Crippen molar-refractivity contribution in [3.8, 4) is 5.75 Å². The lowest BCUT2D eigenvalue weighted by Gasteiger charge is -2.36. The van der Waals surface area contributed by atoms with Crippen LogP contribution in [-0.2, 0) is 10.0 Å². The van der Waals surface area contributed by atoms with Gasteiger partial charge in [0.25, 0.3) is 0 Å². The van der Waals surface area contributed by atoms with Crippen LogP contribution >= 0.6 is 0 Å². The summed E-state index contributed by atoms with van der Waals surface area (Å²) in [6.07, 6.45) is -4.99. The van der Waals surface area contributed by atoms with Gasteiger partial charge >= 0.3 is 6.36 Å². The minimum absolute atomic E-state index is 0.0871. The van der Waals surface area contributed by atoms with Crippen LogP contribution in [0.3, 0.4) is 0 Å². The van der Waals surface area contributed by atoms with E-state index in [2.05, 4.69) is 26.6 Å². The molecule has 1 aromatic heterocycles. The molecule has 0 bridgehead atoms. The van der Waals surface area contributed by atoms with Crippen LogP contribution in [0, 0.1) is 6.92 Å². The molecule has 3 heterocycles. The van der Waals surface area contributed by atoms with Crippen molar-refractivity contribution >= 4 is 21.8 Å². The molecule has 186 valence electrons. The number of anilines is 2. The SMILES string of the molecule is Cc1cc(N2CCN(C)CC2)nc(N2CCN(S(=O)(=O)c3ccccc3OC(F)(F)F)CC2)n1. The number of sulfonamides is 1. The van der Waals surface area contributed by atoms with Gasteiger partial charge in [-0.1, -0.05) is 12.1 Å². The average molecular weight is 501 g/mol. The Morgan fingerprint density at radius 2 is 1.53 bits per heavy atom. The van der Waals surface area contributed by atoms with Gasteiger partial charge in [-0.3, -0.25) is 0 Å². The molecule has 2 aromatic rings. The molecular formula is C21H27F3N6O3S. The third kappa shape index (κ3) is 5.53. The van der Waals surface area contributed by atoms with Gasteiger partial charge in [0.1, 0.15) is 16.5 Å². The highest BCUT2D eigenvalue weighted by molar-refractivity contribution is 7.89. The lowest BCUT2D eigenvalue weighted by atomic mass is 10.3. The van der Waals surface area contributed by atoms with Crippen LogP contribution in [0.15, 0.2) is 35.2 Å². The van der Waals surface area contributed by atoms with E-state index in [4.69, 9.17) is 4.98 Å². The molecule has 34 heavy (non-hydrogen) atoms. The normalized spacial score (nSPS) is 18.9. The number of hydrogen-bond acceptors (Lipinski definition) is 8. The zero-order valence-electron chi connectivity index (χ0n) is 19.0. The topological polar surface area (TPSA) is 82.1 Å². The predicted molar refractivity (Wildman–Crippen MR) is 121 cm³/mol. The Morgan fingerprint density at radius 1 is 0.912 bits per heavy atom. The smallest absolute Gasteiger partial charge is 0.404 e.